The zero-order chi connectivity index (χ0) is 13.8. The summed E-state index contributed by atoms with van der Waals surface area (Å²) in [6, 6.07) is 12.1. The van der Waals surface area contributed by atoms with Crippen molar-refractivity contribution in [2.45, 2.75) is 26.3 Å². The van der Waals surface area contributed by atoms with E-state index in [4.69, 9.17) is 10.5 Å². The zero-order valence-corrected chi connectivity index (χ0v) is 11.2. The Morgan fingerprint density at radius 2 is 2.00 bits per heavy atom. The van der Waals surface area contributed by atoms with Crippen molar-refractivity contribution < 1.29 is 9.13 Å². The lowest BCUT2D eigenvalue weighted by Crippen LogP contribution is -2.18. The highest BCUT2D eigenvalue weighted by atomic mass is 19.1. The molecule has 0 amide bonds. The lowest BCUT2D eigenvalue weighted by molar-refractivity contribution is 0.468. The summed E-state index contributed by atoms with van der Waals surface area (Å²) >= 11 is 0. The van der Waals surface area contributed by atoms with Crippen LogP contribution in [0.3, 0.4) is 0 Å². The van der Waals surface area contributed by atoms with Gasteiger partial charge < -0.3 is 10.5 Å². The van der Waals surface area contributed by atoms with Crippen LogP contribution >= 0.6 is 0 Å². The molecule has 2 N–H and O–H groups in total. The molecule has 1 atom stereocenters. The molecule has 2 rings (SSSR count). The molecule has 0 bridgehead atoms. The van der Waals surface area contributed by atoms with Crippen LogP contribution in [0.25, 0.3) is 0 Å². The molecule has 0 spiro atoms. The van der Waals surface area contributed by atoms with Crippen molar-refractivity contribution >= 4 is 0 Å². The van der Waals surface area contributed by atoms with Crippen LogP contribution in [0.4, 0.5) is 4.39 Å². The van der Waals surface area contributed by atoms with Crippen LogP contribution in [0.5, 0.6) is 11.5 Å². The number of halogens is 1. The molecule has 19 heavy (non-hydrogen) atoms. The van der Waals surface area contributed by atoms with E-state index in [9.17, 15) is 4.39 Å². The predicted octanol–water partition coefficient (Wildman–Crippen LogP) is 3.82. The highest BCUT2D eigenvalue weighted by molar-refractivity contribution is 5.40. The SMILES string of the molecule is Cc1ccc(Oc2cccc(F)c2)c(CC(C)N)c1. The van der Waals surface area contributed by atoms with E-state index in [1.54, 1.807) is 12.1 Å². The molecule has 2 nitrogen and oxygen atoms in total. The van der Waals surface area contributed by atoms with Gasteiger partial charge in [-0.25, -0.2) is 4.39 Å². The second-order valence-corrected chi connectivity index (χ2v) is 4.85. The Balaban J connectivity index is 2.28. The molecule has 2 aromatic rings. The second-order valence-electron chi connectivity index (χ2n) is 4.85. The lowest BCUT2D eigenvalue weighted by atomic mass is 10.0. The van der Waals surface area contributed by atoms with E-state index < -0.39 is 0 Å². The van der Waals surface area contributed by atoms with Crippen LogP contribution in [0.15, 0.2) is 42.5 Å². The minimum absolute atomic E-state index is 0.0525. The van der Waals surface area contributed by atoms with Gasteiger partial charge in [0.15, 0.2) is 0 Å². The van der Waals surface area contributed by atoms with Gasteiger partial charge in [-0.05, 0) is 44.0 Å². The van der Waals surface area contributed by atoms with Crippen molar-refractivity contribution in [3.63, 3.8) is 0 Å². The molecule has 100 valence electrons. The average Bonchev–Trinajstić information content (AvgIpc) is 2.32. The summed E-state index contributed by atoms with van der Waals surface area (Å²) in [4.78, 5) is 0. The molecule has 0 saturated heterocycles. The van der Waals surface area contributed by atoms with Gasteiger partial charge in [-0.1, -0.05) is 23.8 Å². The number of hydrogen-bond acceptors (Lipinski definition) is 2. The Bertz CT molecular complexity index is 566. The summed E-state index contributed by atoms with van der Waals surface area (Å²) in [5.41, 5.74) is 8.04. The van der Waals surface area contributed by atoms with E-state index in [1.807, 2.05) is 26.0 Å². The van der Waals surface area contributed by atoms with E-state index in [1.165, 1.54) is 12.1 Å². The fraction of sp³-hybridized carbons (Fsp3) is 0.250. The largest absolute Gasteiger partial charge is 0.457 e. The summed E-state index contributed by atoms with van der Waals surface area (Å²) in [7, 11) is 0. The van der Waals surface area contributed by atoms with Crippen molar-refractivity contribution in [3.8, 4) is 11.5 Å². The van der Waals surface area contributed by atoms with Gasteiger partial charge in [-0.15, -0.1) is 0 Å². The van der Waals surface area contributed by atoms with Crippen LogP contribution in [0.2, 0.25) is 0 Å². The predicted molar refractivity (Wildman–Crippen MR) is 75.0 cm³/mol. The number of hydrogen-bond donors (Lipinski definition) is 1. The molecule has 0 aromatic heterocycles. The van der Waals surface area contributed by atoms with Crippen molar-refractivity contribution in [1.82, 2.24) is 0 Å². The van der Waals surface area contributed by atoms with Gasteiger partial charge in [-0.3, -0.25) is 0 Å². The normalized spacial score (nSPS) is 12.2. The van der Waals surface area contributed by atoms with Gasteiger partial charge in [-0.2, -0.15) is 0 Å². The molecule has 3 heteroatoms. The van der Waals surface area contributed by atoms with Crippen molar-refractivity contribution in [3.05, 3.63) is 59.4 Å². The zero-order valence-electron chi connectivity index (χ0n) is 11.2. The van der Waals surface area contributed by atoms with Gasteiger partial charge in [0, 0.05) is 12.1 Å². The number of aryl methyl sites for hydroxylation is 1. The summed E-state index contributed by atoms with van der Waals surface area (Å²) in [5.74, 6) is 0.918. The maximum atomic E-state index is 13.1. The number of ether oxygens (including phenoxy) is 1. The van der Waals surface area contributed by atoms with Gasteiger partial charge in [0.05, 0.1) is 0 Å². The first-order valence-corrected chi connectivity index (χ1v) is 6.33. The summed E-state index contributed by atoms with van der Waals surface area (Å²) < 4.78 is 18.9. The quantitative estimate of drug-likeness (QED) is 0.906. The highest BCUT2D eigenvalue weighted by Gasteiger charge is 2.08. The molecule has 0 saturated carbocycles. The third-order valence-corrected chi connectivity index (χ3v) is 2.78. The van der Waals surface area contributed by atoms with E-state index >= 15 is 0 Å². The Hall–Kier alpha value is -1.87. The topological polar surface area (TPSA) is 35.2 Å². The molecular weight excluding hydrogens is 241 g/mol. The highest BCUT2D eigenvalue weighted by Crippen LogP contribution is 2.27. The molecule has 1 unspecified atom stereocenters. The summed E-state index contributed by atoms with van der Waals surface area (Å²) in [6.45, 7) is 3.98. The minimum atomic E-state index is -0.307. The van der Waals surface area contributed by atoms with E-state index in [2.05, 4.69) is 6.07 Å². The van der Waals surface area contributed by atoms with Crippen molar-refractivity contribution in [2.24, 2.45) is 5.73 Å². The second kappa shape index (κ2) is 5.85. The summed E-state index contributed by atoms with van der Waals surface area (Å²) in [5, 5.41) is 0. The minimum Gasteiger partial charge on any atom is -0.457 e. The molecule has 0 radical (unpaired) electrons. The first-order valence-electron chi connectivity index (χ1n) is 6.33. The molecule has 2 aromatic carbocycles. The molecule has 0 aliphatic carbocycles. The van der Waals surface area contributed by atoms with Gasteiger partial charge >= 0.3 is 0 Å². The Morgan fingerprint density at radius 3 is 2.68 bits per heavy atom. The van der Waals surface area contributed by atoms with Crippen LogP contribution in [0.1, 0.15) is 18.1 Å². The van der Waals surface area contributed by atoms with E-state index in [-0.39, 0.29) is 11.9 Å². The third-order valence-electron chi connectivity index (χ3n) is 2.78. The van der Waals surface area contributed by atoms with Crippen LogP contribution < -0.4 is 10.5 Å². The van der Waals surface area contributed by atoms with Crippen LogP contribution in [-0.2, 0) is 6.42 Å². The van der Waals surface area contributed by atoms with E-state index in [0.717, 1.165) is 23.3 Å². The molecular formula is C16H18FNO. The summed E-state index contributed by atoms with van der Waals surface area (Å²) in [6.07, 6.45) is 0.729. The molecule has 0 aliphatic heterocycles. The Morgan fingerprint density at radius 1 is 1.21 bits per heavy atom. The first-order chi connectivity index (χ1) is 9.04. The Labute approximate surface area is 113 Å². The third kappa shape index (κ3) is 3.80. The van der Waals surface area contributed by atoms with E-state index in [0.29, 0.717) is 5.75 Å². The molecule has 0 heterocycles. The van der Waals surface area contributed by atoms with Crippen LogP contribution in [0, 0.1) is 12.7 Å². The fourth-order valence-corrected chi connectivity index (χ4v) is 1.97. The van der Waals surface area contributed by atoms with Crippen molar-refractivity contribution in [1.29, 1.82) is 0 Å². The van der Waals surface area contributed by atoms with Gasteiger partial charge in [0.2, 0.25) is 0 Å². The lowest BCUT2D eigenvalue weighted by Gasteiger charge is -2.13. The maximum Gasteiger partial charge on any atom is 0.130 e. The average molecular weight is 259 g/mol. The van der Waals surface area contributed by atoms with Crippen LogP contribution in [-0.4, -0.2) is 6.04 Å². The number of nitrogens with two attached hydrogens (primary N) is 1. The number of rotatable bonds is 4. The smallest absolute Gasteiger partial charge is 0.130 e. The number of benzene rings is 2. The standard InChI is InChI=1S/C16H18FNO/c1-11-6-7-16(13(8-11)9-12(2)18)19-15-5-3-4-14(17)10-15/h3-8,10,12H,9,18H2,1-2H3. The maximum absolute atomic E-state index is 13.1. The van der Waals surface area contributed by atoms with Gasteiger partial charge in [0.1, 0.15) is 17.3 Å². The fourth-order valence-electron chi connectivity index (χ4n) is 1.97. The molecule has 0 fully saturated rings. The van der Waals surface area contributed by atoms with Crippen molar-refractivity contribution in [2.75, 3.05) is 0 Å². The Kier molecular flexibility index (Phi) is 4.17. The first kappa shape index (κ1) is 13.6. The van der Waals surface area contributed by atoms with Gasteiger partial charge in [0.25, 0.3) is 0 Å². The monoisotopic (exact) mass is 259 g/mol. The molecule has 0 aliphatic rings.